The highest BCUT2D eigenvalue weighted by atomic mass is 16.8. The number of ether oxygens (including phenoxy) is 5. The van der Waals surface area contributed by atoms with Gasteiger partial charge in [0.2, 0.25) is 0 Å². The molecule has 104 valence electrons. The van der Waals surface area contributed by atoms with Crippen molar-refractivity contribution in [2.24, 2.45) is 0 Å². The van der Waals surface area contributed by atoms with E-state index in [-0.39, 0.29) is 6.10 Å². The lowest BCUT2D eigenvalue weighted by Crippen LogP contribution is -2.42. The monoisotopic (exact) mass is 260 g/mol. The molecule has 0 spiro atoms. The summed E-state index contributed by atoms with van der Waals surface area (Å²) >= 11 is 0. The van der Waals surface area contributed by atoms with E-state index < -0.39 is 36.2 Å². The Morgan fingerprint density at radius 1 is 0.944 bits per heavy atom. The lowest BCUT2D eigenvalue weighted by molar-refractivity contribution is -0.232. The standard InChI is InChI=1S/C12H20O6/c1-11(2)14-5-6(16-11)8-7(13)9-10(15-8)18-12(3,4)17-9/h6-10,13H,5H2,1-4H3/t6?,7-,8-,9?,10+/m0/s1. The van der Waals surface area contributed by atoms with Gasteiger partial charge in [0.1, 0.15) is 24.4 Å². The summed E-state index contributed by atoms with van der Waals surface area (Å²) in [5.41, 5.74) is 0. The summed E-state index contributed by atoms with van der Waals surface area (Å²) in [7, 11) is 0. The van der Waals surface area contributed by atoms with Crippen molar-refractivity contribution in [1.82, 2.24) is 0 Å². The molecule has 0 radical (unpaired) electrons. The van der Waals surface area contributed by atoms with Gasteiger partial charge < -0.3 is 28.8 Å². The molecule has 3 fully saturated rings. The van der Waals surface area contributed by atoms with Crippen LogP contribution in [0.3, 0.4) is 0 Å². The number of aliphatic hydroxyl groups excluding tert-OH is 1. The van der Waals surface area contributed by atoms with Gasteiger partial charge in [-0.1, -0.05) is 0 Å². The summed E-state index contributed by atoms with van der Waals surface area (Å²) in [6.07, 6.45) is -2.53. The number of aliphatic hydroxyl groups is 1. The zero-order valence-corrected chi connectivity index (χ0v) is 11.1. The molecule has 5 atom stereocenters. The van der Waals surface area contributed by atoms with Gasteiger partial charge in [-0.25, -0.2) is 0 Å². The summed E-state index contributed by atoms with van der Waals surface area (Å²) < 4.78 is 28.1. The average Bonchev–Trinajstić information content (AvgIpc) is 2.81. The third-order valence-electron chi connectivity index (χ3n) is 3.45. The first-order valence-electron chi connectivity index (χ1n) is 6.28. The molecule has 0 aliphatic carbocycles. The fraction of sp³-hybridized carbons (Fsp3) is 1.00. The molecular weight excluding hydrogens is 240 g/mol. The average molecular weight is 260 g/mol. The summed E-state index contributed by atoms with van der Waals surface area (Å²) in [5.74, 6) is -1.35. The highest BCUT2D eigenvalue weighted by Gasteiger charge is 2.57. The topological polar surface area (TPSA) is 66.4 Å². The molecule has 0 saturated carbocycles. The molecule has 0 aromatic rings. The Labute approximate surface area is 106 Å². The Balaban J connectivity index is 1.68. The molecule has 0 aromatic heterocycles. The summed E-state index contributed by atoms with van der Waals surface area (Å²) in [4.78, 5) is 0. The van der Waals surface area contributed by atoms with Gasteiger partial charge in [0.25, 0.3) is 0 Å². The molecule has 3 aliphatic heterocycles. The van der Waals surface area contributed by atoms with E-state index >= 15 is 0 Å². The van der Waals surface area contributed by atoms with Crippen LogP contribution < -0.4 is 0 Å². The molecule has 0 aromatic carbocycles. The predicted octanol–water partition coefficient (Wildman–Crippen LogP) is 0.375. The Bertz CT molecular complexity index is 341. The van der Waals surface area contributed by atoms with Gasteiger partial charge in [-0.15, -0.1) is 0 Å². The van der Waals surface area contributed by atoms with Crippen molar-refractivity contribution in [1.29, 1.82) is 0 Å². The lowest BCUT2D eigenvalue weighted by atomic mass is 10.1. The van der Waals surface area contributed by atoms with E-state index in [1.54, 1.807) is 13.8 Å². The van der Waals surface area contributed by atoms with E-state index in [1.165, 1.54) is 0 Å². The molecule has 6 nitrogen and oxygen atoms in total. The van der Waals surface area contributed by atoms with Crippen LogP contribution in [0.4, 0.5) is 0 Å². The summed E-state index contributed by atoms with van der Waals surface area (Å²) in [5, 5.41) is 10.3. The first kappa shape index (κ1) is 12.8. The third-order valence-corrected chi connectivity index (χ3v) is 3.45. The second-order valence-corrected chi connectivity index (χ2v) is 5.93. The van der Waals surface area contributed by atoms with Crippen molar-refractivity contribution < 1.29 is 28.8 Å². The minimum Gasteiger partial charge on any atom is -0.387 e. The third kappa shape index (κ3) is 2.07. The van der Waals surface area contributed by atoms with E-state index in [0.29, 0.717) is 6.61 Å². The Morgan fingerprint density at radius 2 is 1.67 bits per heavy atom. The predicted molar refractivity (Wildman–Crippen MR) is 59.6 cm³/mol. The van der Waals surface area contributed by atoms with Gasteiger partial charge in [-0.05, 0) is 27.7 Å². The molecular formula is C12H20O6. The molecule has 0 bridgehead atoms. The zero-order valence-electron chi connectivity index (χ0n) is 11.1. The van der Waals surface area contributed by atoms with Crippen LogP contribution in [0.15, 0.2) is 0 Å². The van der Waals surface area contributed by atoms with Gasteiger partial charge in [0.15, 0.2) is 17.9 Å². The molecule has 3 saturated heterocycles. The minimum atomic E-state index is -0.765. The van der Waals surface area contributed by atoms with Crippen molar-refractivity contribution in [2.75, 3.05) is 6.61 Å². The molecule has 18 heavy (non-hydrogen) atoms. The van der Waals surface area contributed by atoms with E-state index in [2.05, 4.69) is 0 Å². The summed E-state index contributed by atoms with van der Waals surface area (Å²) in [6.45, 7) is 7.68. The van der Waals surface area contributed by atoms with Crippen LogP contribution in [-0.4, -0.2) is 54.0 Å². The SMILES string of the molecule is CC1(C)OCC([C@@H]2O[C@@H]3OC(C)(C)OC3[C@H]2O)O1. The fourth-order valence-electron chi connectivity index (χ4n) is 2.70. The molecule has 1 N–H and O–H groups in total. The maximum Gasteiger partial charge on any atom is 0.190 e. The second-order valence-electron chi connectivity index (χ2n) is 5.93. The largest absolute Gasteiger partial charge is 0.387 e. The van der Waals surface area contributed by atoms with Gasteiger partial charge in [0, 0.05) is 0 Å². The van der Waals surface area contributed by atoms with E-state index in [1.807, 2.05) is 13.8 Å². The second kappa shape index (κ2) is 3.88. The molecule has 0 amide bonds. The Hall–Kier alpha value is -0.240. The molecule has 3 aliphatic rings. The smallest absolute Gasteiger partial charge is 0.190 e. The van der Waals surface area contributed by atoms with Crippen LogP contribution in [0.25, 0.3) is 0 Å². The molecule has 6 heteroatoms. The normalized spacial score (nSPS) is 49.5. The van der Waals surface area contributed by atoms with Gasteiger partial charge >= 0.3 is 0 Å². The van der Waals surface area contributed by atoms with Gasteiger partial charge in [-0.3, -0.25) is 0 Å². The van der Waals surface area contributed by atoms with Crippen LogP contribution in [0.2, 0.25) is 0 Å². The highest BCUT2D eigenvalue weighted by Crippen LogP contribution is 2.40. The van der Waals surface area contributed by atoms with Crippen LogP contribution in [0, 0.1) is 0 Å². The van der Waals surface area contributed by atoms with Gasteiger partial charge in [-0.2, -0.15) is 0 Å². The zero-order chi connectivity index (χ0) is 13.1. The fourth-order valence-corrected chi connectivity index (χ4v) is 2.70. The highest BCUT2D eigenvalue weighted by molar-refractivity contribution is 4.97. The Morgan fingerprint density at radius 3 is 2.22 bits per heavy atom. The Kier molecular flexibility index (Phi) is 2.75. The maximum absolute atomic E-state index is 10.3. The minimum absolute atomic E-state index is 0.295. The molecule has 2 unspecified atom stereocenters. The number of rotatable bonds is 1. The number of hydrogen-bond donors (Lipinski definition) is 1. The lowest BCUT2D eigenvalue weighted by Gasteiger charge is -2.26. The van der Waals surface area contributed by atoms with Crippen LogP contribution in [0.1, 0.15) is 27.7 Å². The molecule has 3 heterocycles. The quantitative estimate of drug-likeness (QED) is 0.735. The van der Waals surface area contributed by atoms with Crippen LogP contribution >= 0.6 is 0 Å². The van der Waals surface area contributed by atoms with Crippen molar-refractivity contribution in [3.8, 4) is 0 Å². The van der Waals surface area contributed by atoms with E-state index in [0.717, 1.165) is 0 Å². The first-order valence-corrected chi connectivity index (χ1v) is 6.28. The summed E-state index contributed by atoms with van der Waals surface area (Å²) in [6, 6.07) is 0. The van der Waals surface area contributed by atoms with Crippen molar-refractivity contribution >= 4 is 0 Å². The van der Waals surface area contributed by atoms with Crippen LogP contribution in [-0.2, 0) is 23.7 Å². The number of fused-ring (bicyclic) bond motifs is 1. The van der Waals surface area contributed by atoms with Gasteiger partial charge in [0.05, 0.1) is 6.61 Å². The maximum atomic E-state index is 10.3. The van der Waals surface area contributed by atoms with Crippen molar-refractivity contribution in [3.63, 3.8) is 0 Å². The van der Waals surface area contributed by atoms with Crippen molar-refractivity contribution in [2.45, 2.75) is 70.0 Å². The van der Waals surface area contributed by atoms with Crippen molar-refractivity contribution in [3.05, 3.63) is 0 Å². The van der Waals surface area contributed by atoms with E-state index in [9.17, 15) is 5.11 Å². The first-order chi connectivity index (χ1) is 8.27. The molecule has 3 rings (SSSR count). The number of hydrogen-bond acceptors (Lipinski definition) is 6. The van der Waals surface area contributed by atoms with Crippen LogP contribution in [0.5, 0.6) is 0 Å². The van der Waals surface area contributed by atoms with E-state index in [4.69, 9.17) is 23.7 Å².